The van der Waals surface area contributed by atoms with Gasteiger partial charge in [-0.25, -0.2) is 4.79 Å². The first kappa shape index (κ1) is 13.9. The Balaban J connectivity index is 1.25. The van der Waals surface area contributed by atoms with Crippen molar-refractivity contribution in [1.82, 2.24) is 20.0 Å². The number of hydrogen-bond acceptors (Lipinski definition) is 3. The number of rotatable bonds is 4. The van der Waals surface area contributed by atoms with E-state index in [0.717, 1.165) is 44.3 Å². The second-order valence-corrected chi connectivity index (χ2v) is 7.14. The van der Waals surface area contributed by atoms with Crippen LogP contribution in [0.1, 0.15) is 25.7 Å². The number of carbonyl (C=O) groups excluding carboxylic acids is 1. The predicted octanol–water partition coefficient (Wildman–Crippen LogP) is 1.44. The summed E-state index contributed by atoms with van der Waals surface area (Å²) < 4.78 is 1.82. The van der Waals surface area contributed by atoms with Gasteiger partial charge in [0.15, 0.2) is 0 Å². The third-order valence-electron chi connectivity index (χ3n) is 5.55. The molecule has 22 heavy (non-hydrogen) atoms. The van der Waals surface area contributed by atoms with Crippen LogP contribution in [0, 0.1) is 11.3 Å². The van der Waals surface area contributed by atoms with Gasteiger partial charge in [-0.05, 0) is 37.0 Å². The van der Waals surface area contributed by atoms with Crippen LogP contribution in [0.5, 0.6) is 0 Å². The molecule has 120 valence electrons. The van der Waals surface area contributed by atoms with Crippen LogP contribution in [0.3, 0.4) is 0 Å². The first-order valence-electron chi connectivity index (χ1n) is 8.43. The van der Waals surface area contributed by atoms with E-state index in [1.807, 2.05) is 29.0 Å². The lowest BCUT2D eigenvalue weighted by Gasteiger charge is -2.35. The highest BCUT2D eigenvalue weighted by Crippen LogP contribution is 2.60. The second kappa shape index (κ2) is 5.18. The van der Waals surface area contributed by atoms with Crippen LogP contribution in [0.2, 0.25) is 0 Å². The van der Waals surface area contributed by atoms with Crippen LogP contribution >= 0.6 is 0 Å². The Kier molecular flexibility index (Phi) is 3.27. The zero-order chi connectivity index (χ0) is 15.2. The molecule has 3 fully saturated rings. The fraction of sp³-hybridized carbons (Fsp3) is 0.750. The van der Waals surface area contributed by atoms with Crippen LogP contribution in [0.25, 0.3) is 0 Å². The van der Waals surface area contributed by atoms with E-state index in [2.05, 4.69) is 15.3 Å². The minimum atomic E-state index is 0.123. The number of hydrogen-bond donors (Lipinski definition) is 1. The maximum Gasteiger partial charge on any atom is 0.317 e. The van der Waals surface area contributed by atoms with Crippen LogP contribution in [0.15, 0.2) is 12.4 Å². The molecule has 0 bridgehead atoms. The molecule has 0 spiro atoms. The van der Waals surface area contributed by atoms with Crippen LogP contribution in [0.4, 0.5) is 10.5 Å². The number of nitrogens with one attached hydrogen (secondary N) is 1. The Morgan fingerprint density at radius 3 is 2.59 bits per heavy atom. The molecule has 0 aromatic carbocycles. The molecule has 6 heteroatoms. The number of aromatic nitrogens is 2. The fourth-order valence-corrected chi connectivity index (χ4v) is 3.69. The largest absolute Gasteiger partial charge is 0.365 e. The minimum absolute atomic E-state index is 0.123. The van der Waals surface area contributed by atoms with Gasteiger partial charge in [-0.15, -0.1) is 0 Å². The maximum atomic E-state index is 12.3. The topological polar surface area (TPSA) is 53.4 Å². The highest BCUT2D eigenvalue weighted by molar-refractivity contribution is 5.74. The van der Waals surface area contributed by atoms with E-state index in [1.54, 1.807) is 0 Å². The monoisotopic (exact) mass is 303 g/mol. The van der Waals surface area contributed by atoms with Gasteiger partial charge in [-0.3, -0.25) is 4.68 Å². The fourth-order valence-electron chi connectivity index (χ4n) is 3.69. The number of amides is 2. The summed E-state index contributed by atoms with van der Waals surface area (Å²) in [5.41, 5.74) is 1.63. The first-order valence-corrected chi connectivity index (χ1v) is 8.43. The summed E-state index contributed by atoms with van der Waals surface area (Å²) >= 11 is 0. The molecule has 0 atom stereocenters. The first-order chi connectivity index (χ1) is 10.7. The minimum Gasteiger partial charge on any atom is -0.365 e. The summed E-state index contributed by atoms with van der Waals surface area (Å²) in [5.74, 6) is 0.898. The molecule has 1 saturated heterocycles. The summed E-state index contributed by atoms with van der Waals surface area (Å²) in [6.07, 6.45) is 9.29. The van der Waals surface area contributed by atoms with Crippen molar-refractivity contribution < 1.29 is 4.79 Å². The van der Waals surface area contributed by atoms with E-state index in [-0.39, 0.29) is 6.03 Å². The smallest absolute Gasteiger partial charge is 0.317 e. The standard InChI is InChI=1S/C16H25N5O/c1-19-11-14(10-18-19)20-6-8-21(9-7-20)15(22)17-12-16(4-5-16)13-2-3-13/h10-11,13H,2-9,12H2,1H3,(H,17,22). The highest BCUT2D eigenvalue weighted by Gasteiger charge is 2.53. The van der Waals surface area contributed by atoms with Gasteiger partial charge in [0.2, 0.25) is 0 Å². The number of aryl methyl sites for hydroxylation is 1. The number of carbonyl (C=O) groups is 1. The van der Waals surface area contributed by atoms with Crippen molar-refractivity contribution >= 4 is 11.7 Å². The van der Waals surface area contributed by atoms with E-state index in [4.69, 9.17) is 0 Å². The molecular weight excluding hydrogens is 278 g/mol. The normalized spacial score (nSPS) is 23.5. The molecule has 0 unspecified atom stereocenters. The summed E-state index contributed by atoms with van der Waals surface area (Å²) in [5, 5.41) is 7.40. The van der Waals surface area contributed by atoms with E-state index < -0.39 is 0 Å². The number of piperazine rings is 1. The molecule has 2 aliphatic carbocycles. The van der Waals surface area contributed by atoms with Crippen molar-refractivity contribution in [3.63, 3.8) is 0 Å². The SMILES string of the molecule is Cn1cc(N2CCN(C(=O)NCC3(C4CC4)CC3)CC2)cn1. The third-order valence-corrected chi connectivity index (χ3v) is 5.55. The number of anilines is 1. The maximum absolute atomic E-state index is 12.3. The molecule has 2 amide bonds. The summed E-state index contributed by atoms with van der Waals surface area (Å²) in [7, 11) is 1.93. The van der Waals surface area contributed by atoms with Gasteiger partial charge < -0.3 is 15.1 Å². The molecule has 3 aliphatic rings. The Morgan fingerprint density at radius 2 is 2.05 bits per heavy atom. The summed E-state index contributed by atoms with van der Waals surface area (Å²) in [6.45, 7) is 4.23. The van der Waals surface area contributed by atoms with Crippen molar-refractivity contribution in [2.75, 3.05) is 37.6 Å². The lowest BCUT2D eigenvalue weighted by atomic mass is 10.0. The molecule has 6 nitrogen and oxygen atoms in total. The third kappa shape index (κ3) is 2.66. The average Bonchev–Trinajstić information content (AvgIpc) is 3.43. The molecule has 1 aromatic rings. The second-order valence-electron chi connectivity index (χ2n) is 7.14. The Bertz CT molecular complexity index is 553. The van der Waals surface area contributed by atoms with Crippen LogP contribution in [-0.2, 0) is 7.05 Å². The molecule has 1 aromatic heterocycles. The zero-order valence-corrected chi connectivity index (χ0v) is 13.3. The lowest BCUT2D eigenvalue weighted by molar-refractivity contribution is 0.191. The summed E-state index contributed by atoms with van der Waals surface area (Å²) in [6, 6.07) is 0.123. The van der Waals surface area contributed by atoms with E-state index in [0.29, 0.717) is 5.41 Å². The van der Waals surface area contributed by atoms with Crippen molar-refractivity contribution in [1.29, 1.82) is 0 Å². The number of urea groups is 1. The Hall–Kier alpha value is -1.72. The van der Waals surface area contributed by atoms with E-state index in [9.17, 15) is 4.79 Å². The van der Waals surface area contributed by atoms with Gasteiger partial charge in [0.1, 0.15) is 0 Å². The number of nitrogens with zero attached hydrogens (tertiary/aromatic N) is 4. The van der Waals surface area contributed by atoms with Gasteiger partial charge in [0.05, 0.1) is 11.9 Å². The van der Waals surface area contributed by atoms with Gasteiger partial charge in [-0.1, -0.05) is 0 Å². The Morgan fingerprint density at radius 1 is 1.32 bits per heavy atom. The van der Waals surface area contributed by atoms with Gasteiger partial charge >= 0.3 is 6.03 Å². The van der Waals surface area contributed by atoms with Crippen LogP contribution in [-0.4, -0.2) is 53.4 Å². The van der Waals surface area contributed by atoms with E-state index >= 15 is 0 Å². The van der Waals surface area contributed by atoms with Gasteiger partial charge in [0, 0.05) is 46.0 Å². The quantitative estimate of drug-likeness (QED) is 0.916. The molecule has 1 N–H and O–H groups in total. The molecular formula is C16H25N5O. The molecule has 1 aliphatic heterocycles. The van der Waals surface area contributed by atoms with E-state index in [1.165, 1.54) is 25.7 Å². The molecule has 2 heterocycles. The lowest BCUT2D eigenvalue weighted by Crippen LogP contribution is -2.52. The van der Waals surface area contributed by atoms with Crippen molar-refractivity contribution in [2.24, 2.45) is 18.4 Å². The Labute approximate surface area is 131 Å². The molecule has 4 rings (SSSR count). The van der Waals surface area contributed by atoms with Crippen molar-refractivity contribution in [3.8, 4) is 0 Å². The predicted molar refractivity (Wildman–Crippen MR) is 84.8 cm³/mol. The van der Waals surface area contributed by atoms with Crippen molar-refractivity contribution in [3.05, 3.63) is 12.4 Å². The van der Waals surface area contributed by atoms with Gasteiger partial charge in [-0.2, -0.15) is 5.10 Å². The van der Waals surface area contributed by atoms with Crippen LogP contribution < -0.4 is 10.2 Å². The van der Waals surface area contributed by atoms with Crippen molar-refractivity contribution in [2.45, 2.75) is 25.7 Å². The molecule has 2 saturated carbocycles. The van der Waals surface area contributed by atoms with Gasteiger partial charge in [0.25, 0.3) is 0 Å². The zero-order valence-electron chi connectivity index (χ0n) is 13.3. The summed E-state index contributed by atoms with van der Waals surface area (Å²) in [4.78, 5) is 16.6. The average molecular weight is 303 g/mol. The molecule has 0 radical (unpaired) electrons. The highest BCUT2D eigenvalue weighted by atomic mass is 16.2.